The maximum atomic E-state index is 12.6. The van der Waals surface area contributed by atoms with Crippen LogP contribution in [0.4, 0.5) is 0 Å². The SMILES string of the molecule is CC(N[P@@](=O)(Oc1ccccc1)SCCN)C(=O)O. The van der Waals surface area contributed by atoms with Crippen LogP contribution in [0.15, 0.2) is 30.3 Å². The summed E-state index contributed by atoms with van der Waals surface area (Å²) in [5.41, 5.74) is 5.38. The Morgan fingerprint density at radius 3 is 2.68 bits per heavy atom. The van der Waals surface area contributed by atoms with Crippen LogP contribution in [0.2, 0.25) is 0 Å². The van der Waals surface area contributed by atoms with E-state index in [-0.39, 0.29) is 0 Å². The van der Waals surface area contributed by atoms with Gasteiger partial charge in [0.2, 0.25) is 0 Å². The summed E-state index contributed by atoms with van der Waals surface area (Å²) in [6.07, 6.45) is 0. The van der Waals surface area contributed by atoms with Crippen molar-refractivity contribution < 1.29 is 19.0 Å². The number of nitrogens with two attached hydrogens (primary N) is 1. The summed E-state index contributed by atoms with van der Waals surface area (Å²) in [6.45, 7) is -1.62. The van der Waals surface area contributed by atoms with Crippen LogP contribution >= 0.6 is 18.1 Å². The second kappa shape index (κ2) is 7.55. The molecule has 0 amide bonds. The fourth-order valence-electron chi connectivity index (χ4n) is 1.18. The van der Waals surface area contributed by atoms with Gasteiger partial charge in [0.05, 0.1) is 0 Å². The maximum Gasteiger partial charge on any atom is 0.375 e. The van der Waals surface area contributed by atoms with E-state index >= 15 is 0 Å². The van der Waals surface area contributed by atoms with Crippen LogP contribution in [0, 0.1) is 0 Å². The molecule has 0 aliphatic carbocycles. The van der Waals surface area contributed by atoms with Crippen LogP contribution in [-0.2, 0) is 9.36 Å². The van der Waals surface area contributed by atoms with Gasteiger partial charge in [0.1, 0.15) is 11.8 Å². The van der Waals surface area contributed by atoms with E-state index in [1.54, 1.807) is 30.3 Å². The highest BCUT2D eigenvalue weighted by atomic mass is 32.7. The van der Waals surface area contributed by atoms with Gasteiger partial charge in [0.15, 0.2) is 0 Å². The summed E-state index contributed by atoms with van der Waals surface area (Å²) >= 11 is 0.998. The van der Waals surface area contributed by atoms with Gasteiger partial charge in [-0.25, -0.2) is 9.65 Å². The van der Waals surface area contributed by atoms with Gasteiger partial charge in [0.25, 0.3) is 0 Å². The molecule has 106 valence electrons. The minimum Gasteiger partial charge on any atom is -0.480 e. The zero-order valence-corrected chi connectivity index (χ0v) is 12.2. The fourth-order valence-corrected chi connectivity index (χ4v) is 4.84. The normalized spacial score (nSPS) is 15.5. The molecule has 0 spiro atoms. The van der Waals surface area contributed by atoms with Crippen molar-refractivity contribution >= 4 is 24.1 Å². The molecule has 1 rings (SSSR count). The molecule has 4 N–H and O–H groups in total. The lowest BCUT2D eigenvalue weighted by Gasteiger charge is -2.21. The molecular formula is C11H17N2O4PS. The number of benzene rings is 1. The highest BCUT2D eigenvalue weighted by Gasteiger charge is 2.30. The van der Waals surface area contributed by atoms with Crippen LogP contribution in [0.25, 0.3) is 0 Å². The number of rotatable bonds is 8. The Kier molecular flexibility index (Phi) is 6.37. The zero-order valence-electron chi connectivity index (χ0n) is 10.5. The Morgan fingerprint density at radius 2 is 2.16 bits per heavy atom. The number of aliphatic carboxylic acids is 1. The van der Waals surface area contributed by atoms with Gasteiger partial charge in [-0.3, -0.25) is 4.79 Å². The Balaban J connectivity index is 2.80. The Labute approximate surface area is 116 Å². The van der Waals surface area contributed by atoms with Crippen molar-refractivity contribution in [1.82, 2.24) is 5.09 Å². The van der Waals surface area contributed by atoms with Gasteiger partial charge in [-0.2, -0.15) is 0 Å². The Morgan fingerprint density at radius 1 is 1.53 bits per heavy atom. The van der Waals surface area contributed by atoms with Gasteiger partial charge in [0, 0.05) is 12.3 Å². The van der Waals surface area contributed by atoms with E-state index in [1.807, 2.05) is 0 Å². The average molecular weight is 304 g/mol. The first-order valence-corrected chi connectivity index (χ1v) is 8.88. The van der Waals surface area contributed by atoms with Crippen LogP contribution in [0.1, 0.15) is 6.92 Å². The number of carboxylic acid groups (broad SMARTS) is 1. The quantitative estimate of drug-likeness (QED) is 0.631. The van der Waals surface area contributed by atoms with Crippen LogP contribution in [0.3, 0.4) is 0 Å². The third kappa shape index (κ3) is 5.65. The molecule has 0 saturated heterocycles. The van der Waals surface area contributed by atoms with Gasteiger partial charge in [-0.1, -0.05) is 18.2 Å². The zero-order chi connectivity index (χ0) is 14.3. The summed E-state index contributed by atoms with van der Waals surface area (Å²) in [5.74, 6) is -0.269. The molecule has 2 atom stereocenters. The number of hydrogen-bond donors (Lipinski definition) is 3. The number of carboxylic acids is 1. The minimum absolute atomic E-state index is 0.329. The summed E-state index contributed by atoms with van der Waals surface area (Å²) < 4.78 is 18.0. The lowest BCUT2D eigenvalue weighted by molar-refractivity contribution is -0.138. The van der Waals surface area contributed by atoms with E-state index in [0.717, 1.165) is 11.4 Å². The molecule has 0 bridgehead atoms. The first-order valence-electron chi connectivity index (χ1n) is 5.67. The standard InChI is InChI=1S/C11H17N2O4PS/c1-9(11(14)15)13-18(16,19-8-7-12)17-10-5-3-2-4-6-10/h2-6,9H,7-8,12H2,1H3,(H,13,16)(H,14,15)/t9?,18-/m1/s1. The largest absolute Gasteiger partial charge is 0.480 e. The molecule has 0 radical (unpaired) electrons. The molecule has 0 fully saturated rings. The number of nitrogens with one attached hydrogen (secondary N) is 1. The third-order valence-corrected chi connectivity index (χ3v) is 6.09. The molecule has 1 aromatic carbocycles. The van der Waals surface area contributed by atoms with E-state index in [0.29, 0.717) is 18.0 Å². The van der Waals surface area contributed by atoms with Crippen molar-refractivity contribution in [2.75, 3.05) is 12.3 Å². The van der Waals surface area contributed by atoms with E-state index in [2.05, 4.69) is 5.09 Å². The van der Waals surface area contributed by atoms with Crippen LogP contribution in [-0.4, -0.2) is 29.4 Å². The Bertz CT molecular complexity index is 457. The summed E-state index contributed by atoms with van der Waals surface area (Å²) in [4.78, 5) is 10.8. The minimum atomic E-state index is -3.36. The number of para-hydroxylation sites is 1. The van der Waals surface area contributed by atoms with Gasteiger partial charge < -0.3 is 15.4 Å². The summed E-state index contributed by atoms with van der Waals surface area (Å²) in [5, 5.41) is 11.4. The van der Waals surface area contributed by atoms with Crippen molar-refractivity contribution in [2.45, 2.75) is 13.0 Å². The average Bonchev–Trinajstić information content (AvgIpc) is 2.37. The van der Waals surface area contributed by atoms with Crippen molar-refractivity contribution in [1.29, 1.82) is 0 Å². The van der Waals surface area contributed by atoms with E-state index in [4.69, 9.17) is 15.4 Å². The van der Waals surface area contributed by atoms with Gasteiger partial charge in [-0.05, 0) is 30.4 Å². The second-order valence-electron chi connectivity index (χ2n) is 3.71. The lowest BCUT2D eigenvalue weighted by Crippen LogP contribution is -2.32. The highest BCUT2D eigenvalue weighted by molar-refractivity contribution is 8.56. The monoisotopic (exact) mass is 304 g/mol. The molecule has 0 heterocycles. The molecule has 0 aliphatic heterocycles. The maximum absolute atomic E-state index is 12.6. The van der Waals surface area contributed by atoms with E-state index in [9.17, 15) is 9.36 Å². The number of carbonyl (C=O) groups is 1. The first kappa shape index (κ1) is 16.0. The van der Waals surface area contributed by atoms with Crippen molar-refractivity contribution in [3.63, 3.8) is 0 Å². The smallest absolute Gasteiger partial charge is 0.375 e. The van der Waals surface area contributed by atoms with Gasteiger partial charge in [-0.15, -0.1) is 0 Å². The molecule has 6 nitrogen and oxygen atoms in total. The van der Waals surface area contributed by atoms with Crippen molar-refractivity contribution in [2.24, 2.45) is 5.73 Å². The molecule has 8 heteroatoms. The highest BCUT2D eigenvalue weighted by Crippen LogP contribution is 2.55. The predicted octanol–water partition coefficient (Wildman–Crippen LogP) is 1.93. The number of hydrogen-bond acceptors (Lipinski definition) is 5. The topological polar surface area (TPSA) is 102 Å². The third-order valence-electron chi connectivity index (χ3n) is 2.07. The van der Waals surface area contributed by atoms with Crippen LogP contribution < -0.4 is 15.3 Å². The molecule has 0 aromatic heterocycles. The predicted molar refractivity (Wildman–Crippen MR) is 76.4 cm³/mol. The Hall–Kier alpha value is -1.01. The van der Waals surface area contributed by atoms with Crippen LogP contribution in [0.5, 0.6) is 5.75 Å². The summed E-state index contributed by atoms with van der Waals surface area (Å²) in [6, 6.07) is 7.63. The van der Waals surface area contributed by atoms with Crippen molar-refractivity contribution in [3.05, 3.63) is 30.3 Å². The lowest BCUT2D eigenvalue weighted by atomic mass is 10.3. The molecular weight excluding hydrogens is 287 g/mol. The summed E-state index contributed by atoms with van der Waals surface area (Å²) in [7, 11) is 0. The van der Waals surface area contributed by atoms with E-state index in [1.165, 1.54) is 6.92 Å². The fraction of sp³-hybridized carbons (Fsp3) is 0.364. The first-order chi connectivity index (χ1) is 8.97. The molecule has 0 aliphatic rings. The molecule has 0 saturated carbocycles. The molecule has 1 unspecified atom stereocenters. The van der Waals surface area contributed by atoms with Gasteiger partial charge >= 0.3 is 12.7 Å². The second-order valence-corrected chi connectivity index (χ2v) is 8.03. The molecule has 19 heavy (non-hydrogen) atoms. The molecule has 1 aromatic rings. The van der Waals surface area contributed by atoms with Crippen molar-refractivity contribution in [3.8, 4) is 5.75 Å². The van der Waals surface area contributed by atoms with E-state index < -0.39 is 18.7 Å².